The smallest absolute Gasteiger partial charge is 0.251 e. The molecule has 1 fully saturated rings. The molecule has 1 saturated heterocycles. The molecule has 0 bridgehead atoms. The summed E-state index contributed by atoms with van der Waals surface area (Å²) in [4.78, 5) is 26.0. The van der Waals surface area contributed by atoms with Crippen molar-refractivity contribution < 1.29 is 14.3 Å². The standard InChI is InChI=1S/C18H27N3O3/c1-14-12-21(13-15(2)24-14)11-10-19-17(22)8-9-20-18(23)16-6-4-3-5-7-16/h3-7,14-15H,8-13H2,1-2H3,(H,19,22)(H,20,23). The van der Waals surface area contributed by atoms with Gasteiger partial charge in [0.15, 0.2) is 0 Å². The summed E-state index contributed by atoms with van der Waals surface area (Å²) in [6, 6.07) is 8.99. The highest BCUT2D eigenvalue weighted by atomic mass is 16.5. The predicted octanol–water partition coefficient (Wildman–Crippen LogP) is 1.03. The third kappa shape index (κ3) is 6.29. The molecular weight excluding hydrogens is 306 g/mol. The lowest BCUT2D eigenvalue weighted by Crippen LogP contribution is -2.48. The summed E-state index contributed by atoms with van der Waals surface area (Å²) < 4.78 is 5.69. The summed E-state index contributed by atoms with van der Waals surface area (Å²) in [6.45, 7) is 7.70. The number of ether oxygens (including phenoxy) is 1. The van der Waals surface area contributed by atoms with Crippen molar-refractivity contribution in [1.82, 2.24) is 15.5 Å². The van der Waals surface area contributed by atoms with E-state index in [1.807, 2.05) is 18.2 Å². The van der Waals surface area contributed by atoms with E-state index in [1.165, 1.54) is 0 Å². The van der Waals surface area contributed by atoms with E-state index in [2.05, 4.69) is 29.4 Å². The molecule has 6 heteroatoms. The Morgan fingerprint density at radius 1 is 1.08 bits per heavy atom. The summed E-state index contributed by atoms with van der Waals surface area (Å²) in [5.41, 5.74) is 0.605. The highest BCUT2D eigenvalue weighted by molar-refractivity contribution is 5.94. The summed E-state index contributed by atoms with van der Waals surface area (Å²) in [7, 11) is 0. The number of amides is 2. The van der Waals surface area contributed by atoms with Crippen LogP contribution in [0.25, 0.3) is 0 Å². The molecule has 132 valence electrons. The third-order valence-corrected chi connectivity index (χ3v) is 3.92. The Kier molecular flexibility index (Phi) is 7.21. The molecule has 0 aromatic heterocycles. The van der Waals surface area contributed by atoms with Crippen molar-refractivity contribution >= 4 is 11.8 Å². The van der Waals surface area contributed by atoms with Crippen LogP contribution in [-0.4, -0.2) is 61.6 Å². The monoisotopic (exact) mass is 333 g/mol. The van der Waals surface area contributed by atoms with E-state index in [0.717, 1.165) is 19.6 Å². The van der Waals surface area contributed by atoms with Crippen LogP contribution in [-0.2, 0) is 9.53 Å². The van der Waals surface area contributed by atoms with E-state index in [9.17, 15) is 9.59 Å². The van der Waals surface area contributed by atoms with Crippen LogP contribution in [0.3, 0.4) is 0 Å². The van der Waals surface area contributed by atoms with Gasteiger partial charge in [0, 0.05) is 44.7 Å². The number of rotatable bonds is 7. The molecule has 1 aliphatic heterocycles. The molecule has 0 radical (unpaired) electrons. The fraction of sp³-hybridized carbons (Fsp3) is 0.556. The van der Waals surface area contributed by atoms with Gasteiger partial charge in [0.05, 0.1) is 12.2 Å². The fourth-order valence-corrected chi connectivity index (χ4v) is 2.89. The maximum Gasteiger partial charge on any atom is 0.251 e. The molecule has 0 aliphatic carbocycles. The van der Waals surface area contributed by atoms with Gasteiger partial charge in [0.2, 0.25) is 5.91 Å². The van der Waals surface area contributed by atoms with Crippen molar-refractivity contribution in [2.24, 2.45) is 0 Å². The van der Waals surface area contributed by atoms with Gasteiger partial charge in [-0.25, -0.2) is 0 Å². The van der Waals surface area contributed by atoms with Gasteiger partial charge < -0.3 is 15.4 Å². The minimum absolute atomic E-state index is 0.0438. The van der Waals surface area contributed by atoms with E-state index < -0.39 is 0 Å². The number of hydrogen-bond acceptors (Lipinski definition) is 4. The number of carbonyl (C=O) groups excluding carboxylic acids is 2. The van der Waals surface area contributed by atoms with Gasteiger partial charge in [-0.3, -0.25) is 14.5 Å². The molecule has 2 rings (SSSR count). The number of nitrogens with one attached hydrogen (secondary N) is 2. The first-order valence-electron chi connectivity index (χ1n) is 8.52. The fourth-order valence-electron chi connectivity index (χ4n) is 2.89. The van der Waals surface area contributed by atoms with Crippen molar-refractivity contribution in [1.29, 1.82) is 0 Å². The second-order valence-corrected chi connectivity index (χ2v) is 6.24. The molecule has 6 nitrogen and oxygen atoms in total. The maximum atomic E-state index is 11.8. The Morgan fingerprint density at radius 2 is 1.75 bits per heavy atom. The Balaban J connectivity index is 1.57. The van der Waals surface area contributed by atoms with E-state index in [4.69, 9.17) is 4.74 Å². The van der Waals surface area contributed by atoms with Gasteiger partial charge >= 0.3 is 0 Å². The Morgan fingerprint density at radius 3 is 2.42 bits per heavy atom. The molecule has 0 spiro atoms. The van der Waals surface area contributed by atoms with Crippen LogP contribution in [0.1, 0.15) is 30.6 Å². The van der Waals surface area contributed by atoms with Crippen molar-refractivity contribution in [2.75, 3.05) is 32.7 Å². The highest BCUT2D eigenvalue weighted by Gasteiger charge is 2.21. The minimum atomic E-state index is -0.153. The first kappa shape index (κ1) is 18.4. The van der Waals surface area contributed by atoms with Crippen molar-refractivity contribution in [2.45, 2.75) is 32.5 Å². The molecule has 2 amide bonds. The van der Waals surface area contributed by atoms with Crippen molar-refractivity contribution in [3.8, 4) is 0 Å². The summed E-state index contributed by atoms with van der Waals surface area (Å²) in [5.74, 6) is -0.197. The van der Waals surface area contributed by atoms with Crippen LogP contribution in [0.2, 0.25) is 0 Å². The second kappa shape index (κ2) is 9.39. The minimum Gasteiger partial charge on any atom is -0.373 e. The third-order valence-electron chi connectivity index (χ3n) is 3.92. The SMILES string of the molecule is CC1CN(CCNC(=O)CCNC(=O)c2ccccc2)CC(C)O1. The lowest BCUT2D eigenvalue weighted by Gasteiger charge is -2.35. The number of hydrogen-bond donors (Lipinski definition) is 2. The maximum absolute atomic E-state index is 11.8. The number of morpholine rings is 1. The lowest BCUT2D eigenvalue weighted by atomic mass is 10.2. The summed E-state index contributed by atoms with van der Waals surface area (Å²) >= 11 is 0. The van der Waals surface area contributed by atoms with E-state index in [0.29, 0.717) is 18.7 Å². The van der Waals surface area contributed by atoms with Gasteiger partial charge in [-0.1, -0.05) is 18.2 Å². The number of carbonyl (C=O) groups is 2. The molecule has 2 unspecified atom stereocenters. The van der Waals surface area contributed by atoms with Crippen LogP contribution in [0.4, 0.5) is 0 Å². The van der Waals surface area contributed by atoms with E-state index in [-0.39, 0.29) is 30.4 Å². The van der Waals surface area contributed by atoms with Gasteiger partial charge in [-0.05, 0) is 26.0 Å². The largest absolute Gasteiger partial charge is 0.373 e. The van der Waals surface area contributed by atoms with Crippen LogP contribution >= 0.6 is 0 Å². The molecule has 1 heterocycles. The summed E-state index contributed by atoms with van der Waals surface area (Å²) in [5, 5.41) is 5.65. The number of benzene rings is 1. The average Bonchev–Trinajstić information content (AvgIpc) is 2.54. The normalized spacial score (nSPS) is 21.2. The average molecular weight is 333 g/mol. The summed E-state index contributed by atoms with van der Waals surface area (Å²) in [6.07, 6.45) is 0.754. The first-order chi connectivity index (χ1) is 11.5. The molecule has 0 saturated carbocycles. The molecule has 2 atom stereocenters. The van der Waals surface area contributed by atoms with Gasteiger partial charge in [-0.15, -0.1) is 0 Å². The molecule has 1 aromatic carbocycles. The van der Waals surface area contributed by atoms with Crippen LogP contribution in [0.15, 0.2) is 30.3 Å². The molecule has 2 N–H and O–H groups in total. The van der Waals surface area contributed by atoms with Crippen molar-refractivity contribution in [3.63, 3.8) is 0 Å². The molecular formula is C18H27N3O3. The van der Waals surface area contributed by atoms with Crippen LogP contribution < -0.4 is 10.6 Å². The zero-order valence-corrected chi connectivity index (χ0v) is 14.5. The predicted molar refractivity (Wildman–Crippen MR) is 92.9 cm³/mol. The zero-order valence-electron chi connectivity index (χ0n) is 14.5. The molecule has 1 aliphatic rings. The van der Waals surface area contributed by atoms with Crippen molar-refractivity contribution in [3.05, 3.63) is 35.9 Å². The molecule has 1 aromatic rings. The second-order valence-electron chi connectivity index (χ2n) is 6.24. The Bertz CT molecular complexity index is 526. The lowest BCUT2D eigenvalue weighted by molar-refractivity contribution is -0.121. The quantitative estimate of drug-likeness (QED) is 0.782. The Labute approximate surface area is 143 Å². The molecule has 24 heavy (non-hydrogen) atoms. The van der Waals surface area contributed by atoms with Gasteiger partial charge in [-0.2, -0.15) is 0 Å². The Hall–Kier alpha value is -1.92. The zero-order chi connectivity index (χ0) is 17.4. The van der Waals surface area contributed by atoms with Gasteiger partial charge in [0.25, 0.3) is 5.91 Å². The van der Waals surface area contributed by atoms with E-state index in [1.54, 1.807) is 12.1 Å². The van der Waals surface area contributed by atoms with E-state index >= 15 is 0 Å². The number of nitrogens with zero attached hydrogens (tertiary/aromatic N) is 1. The van der Waals surface area contributed by atoms with Crippen LogP contribution in [0.5, 0.6) is 0 Å². The van der Waals surface area contributed by atoms with Gasteiger partial charge in [0.1, 0.15) is 0 Å². The van der Waals surface area contributed by atoms with Crippen LogP contribution in [0, 0.1) is 0 Å². The topological polar surface area (TPSA) is 70.7 Å². The highest BCUT2D eigenvalue weighted by Crippen LogP contribution is 2.09. The first-order valence-corrected chi connectivity index (χ1v) is 8.52.